The Morgan fingerprint density at radius 3 is 2.31 bits per heavy atom. The largest absolute Gasteiger partial charge is 0.352 e. The lowest BCUT2D eigenvalue weighted by atomic mass is 9.95. The summed E-state index contributed by atoms with van der Waals surface area (Å²) in [6.07, 6.45) is 1.46. The number of benzene rings is 1. The van der Waals surface area contributed by atoms with E-state index in [9.17, 15) is 9.59 Å². The molecule has 2 amide bonds. The van der Waals surface area contributed by atoms with Crippen LogP contribution in [0.15, 0.2) is 41.8 Å². The van der Waals surface area contributed by atoms with E-state index < -0.39 is 0 Å². The molecule has 0 spiro atoms. The maximum atomic E-state index is 12.5. The van der Waals surface area contributed by atoms with Crippen molar-refractivity contribution >= 4 is 23.2 Å². The van der Waals surface area contributed by atoms with Crippen LogP contribution in [0.25, 0.3) is 0 Å². The Morgan fingerprint density at radius 1 is 1.07 bits per heavy atom. The number of thiophene rings is 1. The van der Waals surface area contributed by atoms with Crippen LogP contribution in [0, 0.1) is 5.92 Å². The first-order chi connectivity index (χ1) is 14.1. The number of hydrogen-bond donors (Lipinski definition) is 1. The Kier molecular flexibility index (Phi) is 7.83. The predicted octanol–water partition coefficient (Wildman–Crippen LogP) is 3.76. The zero-order chi connectivity index (χ0) is 20.6. The lowest BCUT2D eigenvalue weighted by molar-refractivity contribution is -0.126. The van der Waals surface area contributed by atoms with E-state index >= 15 is 0 Å². The van der Waals surface area contributed by atoms with Crippen molar-refractivity contribution in [3.8, 4) is 0 Å². The Bertz CT molecular complexity index is 777. The molecule has 5 nitrogen and oxygen atoms in total. The summed E-state index contributed by atoms with van der Waals surface area (Å²) in [5, 5.41) is 4.99. The molecule has 1 aromatic carbocycles. The highest BCUT2D eigenvalue weighted by molar-refractivity contribution is 7.12. The van der Waals surface area contributed by atoms with Crippen molar-refractivity contribution in [3.63, 3.8) is 0 Å². The Hall–Kier alpha value is -2.18. The van der Waals surface area contributed by atoms with Crippen molar-refractivity contribution in [1.29, 1.82) is 0 Å². The second-order valence-electron chi connectivity index (χ2n) is 7.54. The molecule has 3 rings (SSSR count). The Morgan fingerprint density at radius 2 is 1.72 bits per heavy atom. The van der Waals surface area contributed by atoms with Gasteiger partial charge >= 0.3 is 0 Å². The minimum absolute atomic E-state index is 0.00988. The average Bonchev–Trinajstić information content (AvgIpc) is 3.31. The molecule has 2 aromatic rings. The molecule has 0 aliphatic carbocycles. The second kappa shape index (κ2) is 10.6. The van der Waals surface area contributed by atoms with E-state index in [0.717, 1.165) is 42.9 Å². The highest BCUT2D eigenvalue weighted by Gasteiger charge is 2.27. The number of amides is 2. The molecule has 29 heavy (non-hydrogen) atoms. The predicted molar refractivity (Wildman–Crippen MR) is 118 cm³/mol. The van der Waals surface area contributed by atoms with Crippen molar-refractivity contribution in [2.75, 3.05) is 26.2 Å². The SMILES string of the molecule is CCN(CC)Cc1ccc(CNC(=O)C2CCN(C(=O)c3cccs3)CC2)cc1. The summed E-state index contributed by atoms with van der Waals surface area (Å²) in [5.41, 5.74) is 2.42. The number of hydrogen-bond acceptors (Lipinski definition) is 4. The van der Waals surface area contributed by atoms with E-state index in [2.05, 4.69) is 48.3 Å². The Labute approximate surface area is 177 Å². The van der Waals surface area contributed by atoms with Crippen LogP contribution in [0.5, 0.6) is 0 Å². The number of nitrogens with zero attached hydrogens (tertiary/aromatic N) is 2. The van der Waals surface area contributed by atoms with Crippen molar-refractivity contribution in [2.24, 2.45) is 5.92 Å². The Balaban J connectivity index is 1.42. The van der Waals surface area contributed by atoms with Gasteiger partial charge in [0.25, 0.3) is 5.91 Å². The normalized spacial score (nSPS) is 14.9. The molecule has 1 aliphatic rings. The molecule has 0 bridgehead atoms. The van der Waals surface area contributed by atoms with E-state index in [4.69, 9.17) is 0 Å². The molecule has 1 N–H and O–H groups in total. The molecule has 0 atom stereocenters. The average molecular weight is 414 g/mol. The highest BCUT2D eigenvalue weighted by atomic mass is 32.1. The first-order valence-electron chi connectivity index (χ1n) is 10.5. The molecule has 1 aromatic heterocycles. The zero-order valence-electron chi connectivity index (χ0n) is 17.4. The van der Waals surface area contributed by atoms with Crippen LogP contribution in [0.4, 0.5) is 0 Å². The fourth-order valence-corrected chi connectivity index (χ4v) is 4.39. The summed E-state index contributed by atoms with van der Waals surface area (Å²) >= 11 is 1.47. The van der Waals surface area contributed by atoms with E-state index in [-0.39, 0.29) is 17.7 Å². The molecule has 1 aliphatic heterocycles. The van der Waals surface area contributed by atoms with Crippen LogP contribution >= 0.6 is 11.3 Å². The van der Waals surface area contributed by atoms with Crippen LogP contribution in [0.3, 0.4) is 0 Å². The van der Waals surface area contributed by atoms with Gasteiger partial charge in [0.15, 0.2) is 0 Å². The molecule has 1 fully saturated rings. The van der Waals surface area contributed by atoms with Gasteiger partial charge < -0.3 is 10.2 Å². The molecular weight excluding hydrogens is 382 g/mol. The van der Waals surface area contributed by atoms with Gasteiger partial charge in [-0.25, -0.2) is 0 Å². The minimum atomic E-state index is -0.00988. The fraction of sp³-hybridized carbons (Fsp3) is 0.478. The van der Waals surface area contributed by atoms with Crippen LogP contribution in [0.1, 0.15) is 47.5 Å². The topological polar surface area (TPSA) is 52.7 Å². The second-order valence-corrected chi connectivity index (χ2v) is 8.49. The summed E-state index contributed by atoms with van der Waals surface area (Å²) < 4.78 is 0. The first-order valence-corrected chi connectivity index (χ1v) is 11.4. The molecule has 0 unspecified atom stereocenters. The third-order valence-corrected chi connectivity index (χ3v) is 6.53. The van der Waals surface area contributed by atoms with Gasteiger partial charge in [-0.05, 0) is 48.5 Å². The summed E-state index contributed by atoms with van der Waals surface area (Å²) in [5.74, 6) is 0.174. The van der Waals surface area contributed by atoms with Gasteiger partial charge in [-0.3, -0.25) is 14.5 Å². The van der Waals surface area contributed by atoms with Gasteiger partial charge in [-0.2, -0.15) is 0 Å². The monoisotopic (exact) mass is 413 g/mol. The summed E-state index contributed by atoms with van der Waals surface area (Å²) in [4.78, 5) is 30.0. The maximum absolute atomic E-state index is 12.5. The molecule has 156 valence electrons. The van der Waals surface area contributed by atoms with Crippen molar-refractivity contribution in [2.45, 2.75) is 39.8 Å². The number of piperidine rings is 1. The molecular formula is C23H31N3O2S. The van der Waals surface area contributed by atoms with Gasteiger partial charge in [-0.1, -0.05) is 44.2 Å². The number of rotatable bonds is 8. The van der Waals surface area contributed by atoms with Gasteiger partial charge in [0.1, 0.15) is 0 Å². The standard InChI is InChI=1S/C23H31N3O2S/c1-3-25(4-2)17-19-9-7-18(8-10-19)16-24-22(27)20-11-13-26(14-12-20)23(28)21-6-5-15-29-21/h5-10,15,20H,3-4,11-14,16-17H2,1-2H3,(H,24,27). The minimum Gasteiger partial charge on any atom is -0.352 e. The number of nitrogens with one attached hydrogen (secondary N) is 1. The van der Waals surface area contributed by atoms with Crippen LogP contribution in [-0.2, 0) is 17.9 Å². The van der Waals surface area contributed by atoms with E-state index in [1.807, 2.05) is 22.4 Å². The van der Waals surface area contributed by atoms with Crippen molar-refractivity contribution in [1.82, 2.24) is 15.1 Å². The third kappa shape index (κ3) is 5.90. The molecule has 6 heteroatoms. The summed E-state index contributed by atoms with van der Waals surface area (Å²) in [7, 11) is 0. The molecule has 2 heterocycles. The van der Waals surface area contributed by atoms with Gasteiger partial charge in [0.2, 0.25) is 5.91 Å². The highest BCUT2D eigenvalue weighted by Crippen LogP contribution is 2.21. The zero-order valence-corrected chi connectivity index (χ0v) is 18.2. The summed E-state index contributed by atoms with van der Waals surface area (Å²) in [6.45, 7) is 9.26. The molecule has 1 saturated heterocycles. The number of carbonyl (C=O) groups is 2. The lowest BCUT2D eigenvalue weighted by Crippen LogP contribution is -2.42. The smallest absolute Gasteiger partial charge is 0.263 e. The fourth-order valence-electron chi connectivity index (χ4n) is 3.70. The maximum Gasteiger partial charge on any atom is 0.263 e. The molecule has 0 radical (unpaired) electrons. The molecule has 0 saturated carbocycles. The lowest BCUT2D eigenvalue weighted by Gasteiger charge is -2.31. The van der Waals surface area contributed by atoms with Gasteiger partial charge in [0, 0.05) is 32.1 Å². The van der Waals surface area contributed by atoms with E-state index in [1.165, 1.54) is 16.9 Å². The van der Waals surface area contributed by atoms with Crippen LogP contribution in [-0.4, -0.2) is 47.8 Å². The number of carbonyl (C=O) groups excluding carboxylic acids is 2. The third-order valence-electron chi connectivity index (χ3n) is 5.68. The van der Waals surface area contributed by atoms with Crippen LogP contribution in [0.2, 0.25) is 0 Å². The first kappa shape index (κ1) is 21.5. The van der Waals surface area contributed by atoms with Gasteiger partial charge in [0.05, 0.1) is 4.88 Å². The van der Waals surface area contributed by atoms with Crippen molar-refractivity contribution < 1.29 is 9.59 Å². The van der Waals surface area contributed by atoms with E-state index in [0.29, 0.717) is 19.6 Å². The van der Waals surface area contributed by atoms with Gasteiger partial charge in [-0.15, -0.1) is 11.3 Å². The van der Waals surface area contributed by atoms with Crippen molar-refractivity contribution in [3.05, 3.63) is 57.8 Å². The quantitative estimate of drug-likeness (QED) is 0.717. The number of likely N-dealkylation sites (tertiary alicyclic amines) is 1. The van der Waals surface area contributed by atoms with Crippen LogP contribution < -0.4 is 5.32 Å². The van der Waals surface area contributed by atoms with E-state index in [1.54, 1.807) is 0 Å². The summed E-state index contributed by atoms with van der Waals surface area (Å²) in [6, 6.07) is 12.2.